The van der Waals surface area contributed by atoms with E-state index in [1.54, 1.807) is 39.7 Å². The number of nitrogens with one attached hydrogen (secondary N) is 1. The Balaban J connectivity index is 1.91. The summed E-state index contributed by atoms with van der Waals surface area (Å²) in [5, 5.41) is 3.81. The van der Waals surface area contributed by atoms with Gasteiger partial charge in [0.15, 0.2) is 0 Å². The maximum atomic E-state index is 13.0. The van der Waals surface area contributed by atoms with Crippen molar-refractivity contribution in [2.75, 3.05) is 0 Å². The third-order valence-corrected chi connectivity index (χ3v) is 4.47. The first-order chi connectivity index (χ1) is 12.7. The summed E-state index contributed by atoms with van der Waals surface area (Å²) < 4.78 is 16.2. The maximum absolute atomic E-state index is 13.0. The van der Waals surface area contributed by atoms with Crippen LogP contribution in [0, 0.1) is 5.82 Å². The lowest BCUT2D eigenvalue weighted by molar-refractivity contribution is -0.122. The van der Waals surface area contributed by atoms with Crippen molar-refractivity contribution in [2.24, 2.45) is 0 Å². The van der Waals surface area contributed by atoms with Crippen molar-refractivity contribution in [1.29, 1.82) is 0 Å². The monoisotopic (exact) mass is 389 g/mol. The average molecular weight is 390 g/mol. The van der Waals surface area contributed by atoms with E-state index in [-0.39, 0.29) is 30.4 Å². The van der Waals surface area contributed by atoms with Crippen LogP contribution in [-0.4, -0.2) is 15.3 Å². The van der Waals surface area contributed by atoms with Crippen molar-refractivity contribution in [3.05, 3.63) is 69.2 Å². The molecule has 0 fully saturated rings. The van der Waals surface area contributed by atoms with Crippen LogP contribution in [0.3, 0.4) is 0 Å². The van der Waals surface area contributed by atoms with Gasteiger partial charge in [-0.3, -0.25) is 14.3 Å². The van der Waals surface area contributed by atoms with Crippen LogP contribution in [0.2, 0.25) is 5.02 Å². The molecular formula is C20H21ClFN3O2. The quantitative estimate of drug-likeness (QED) is 0.740. The molecule has 0 saturated heterocycles. The highest BCUT2D eigenvalue weighted by Gasteiger charge is 2.24. The van der Waals surface area contributed by atoms with Gasteiger partial charge >= 0.3 is 0 Å². The van der Waals surface area contributed by atoms with Gasteiger partial charge in [-0.25, -0.2) is 9.07 Å². The van der Waals surface area contributed by atoms with E-state index in [0.717, 1.165) is 5.56 Å². The Bertz CT molecular complexity index is 1050. The van der Waals surface area contributed by atoms with Crippen LogP contribution in [0.4, 0.5) is 4.39 Å². The van der Waals surface area contributed by atoms with E-state index in [1.807, 2.05) is 20.8 Å². The molecule has 0 aliphatic rings. The van der Waals surface area contributed by atoms with E-state index < -0.39 is 5.54 Å². The molecule has 0 saturated carbocycles. The Morgan fingerprint density at radius 1 is 1.15 bits per heavy atom. The largest absolute Gasteiger partial charge is 0.350 e. The highest BCUT2D eigenvalue weighted by atomic mass is 35.5. The Morgan fingerprint density at radius 2 is 1.81 bits per heavy atom. The summed E-state index contributed by atoms with van der Waals surface area (Å²) in [6, 6.07) is 11.0. The minimum Gasteiger partial charge on any atom is -0.350 e. The Hall–Kier alpha value is -2.60. The molecule has 0 bridgehead atoms. The predicted octanol–water partition coefficient (Wildman–Crippen LogP) is 3.67. The molecule has 27 heavy (non-hydrogen) atoms. The molecule has 0 aliphatic heterocycles. The molecule has 0 radical (unpaired) electrons. The second-order valence-corrected chi connectivity index (χ2v) is 7.85. The molecule has 0 atom stereocenters. The molecule has 7 heteroatoms. The minimum absolute atomic E-state index is 0.0302. The fourth-order valence-corrected chi connectivity index (χ4v) is 3.21. The number of carbonyl (C=O) groups is 1. The number of hydrogen-bond donors (Lipinski definition) is 1. The lowest BCUT2D eigenvalue weighted by Gasteiger charge is -2.24. The summed E-state index contributed by atoms with van der Waals surface area (Å²) in [6.45, 7) is 5.96. The first-order valence-corrected chi connectivity index (χ1v) is 8.97. The highest BCUT2D eigenvalue weighted by Crippen LogP contribution is 2.21. The molecule has 1 N–H and O–H groups in total. The molecule has 1 amide bonds. The fourth-order valence-electron chi connectivity index (χ4n) is 3.05. The van der Waals surface area contributed by atoms with Crippen LogP contribution in [0.5, 0.6) is 0 Å². The molecule has 1 heterocycles. The van der Waals surface area contributed by atoms with Gasteiger partial charge < -0.3 is 5.32 Å². The second kappa shape index (κ2) is 7.19. The van der Waals surface area contributed by atoms with Crippen LogP contribution in [0.15, 0.2) is 47.3 Å². The molecule has 0 spiro atoms. The molecule has 142 valence electrons. The molecular weight excluding hydrogens is 369 g/mol. The first kappa shape index (κ1) is 19.2. The lowest BCUT2D eigenvalue weighted by Crippen LogP contribution is -2.39. The van der Waals surface area contributed by atoms with Crippen molar-refractivity contribution in [3.63, 3.8) is 0 Å². The minimum atomic E-state index is -0.514. The van der Waals surface area contributed by atoms with Gasteiger partial charge in [-0.1, -0.05) is 23.7 Å². The van der Waals surface area contributed by atoms with E-state index in [0.29, 0.717) is 15.9 Å². The number of aromatic nitrogens is 2. The van der Waals surface area contributed by atoms with Crippen LogP contribution in [0.25, 0.3) is 10.9 Å². The number of benzene rings is 2. The van der Waals surface area contributed by atoms with Gasteiger partial charge in [0.25, 0.3) is 5.56 Å². The molecule has 5 nitrogen and oxygen atoms in total. The Morgan fingerprint density at radius 3 is 2.44 bits per heavy atom. The van der Waals surface area contributed by atoms with Crippen molar-refractivity contribution < 1.29 is 9.18 Å². The number of carbonyl (C=O) groups excluding carboxylic acids is 1. The fraction of sp³-hybridized carbons (Fsp3) is 0.300. The van der Waals surface area contributed by atoms with Gasteiger partial charge in [-0.05, 0) is 56.7 Å². The summed E-state index contributed by atoms with van der Waals surface area (Å²) in [5.74, 6) is -0.579. The van der Waals surface area contributed by atoms with E-state index in [2.05, 4.69) is 5.32 Å². The number of fused-ring (bicyclic) bond motifs is 1. The van der Waals surface area contributed by atoms with Gasteiger partial charge in [0.1, 0.15) is 12.4 Å². The average Bonchev–Trinajstić information content (AvgIpc) is 2.86. The second-order valence-electron chi connectivity index (χ2n) is 7.41. The van der Waals surface area contributed by atoms with E-state index in [1.165, 1.54) is 12.1 Å². The Labute approximate surface area is 161 Å². The standard InChI is InChI=1S/C20H21ClFN3O2/c1-20(2,3)25-19(27)16-9-6-14(21)10-17(16)24(25)12-18(26)23-11-13-4-7-15(22)8-5-13/h4-10H,11-12H2,1-3H3,(H,23,26). The third kappa shape index (κ3) is 4.06. The number of halogens is 2. The van der Waals surface area contributed by atoms with Gasteiger partial charge in [0.2, 0.25) is 5.91 Å². The van der Waals surface area contributed by atoms with Crippen molar-refractivity contribution in [2.45, 2.75) is 39.4 Å². The summed E-state index contributed by atoms with van der Waals surface area (Å²) in [4.78, 5) is 25.3. The molecule has 0 aliphatic carbocycles. The smallest absolute Gasteiger partial charge is 0.275 e. The maximum Gasteiger partial charge on any atom is 0.275 e. The topological polar surface area (TPSA) is 56.0 Å². The number of amides is 1. The summed E-state index contributed by atoms with van der Waals surface area (Å²) in [7, 11) is 0. The van der Waals surface area contributed by atoms with Crippen LogP contribution in [0.1, 0.15) is 26.3 Å². The lowest BCUT2D eigenvalue weighted by atomic mass is 10.1. The molecule has 3 aromatic rings. The van der Waals surface area contributed by atoms with Crippen molar-refractivity contribution >= 4 is 28.4 Å². The van der Waals surface area contributed by atoms with Crippen LogP contribution < -0.4 is 10.9 Å². The SMILES string of the molecule is CC(C)(C)n1c(=O)c2ccc(Cl)cc2n1CC(=O)NCc1ccc(F)cc1. The number of nitrogens with zero attached hydrogens (tertiary/aromatic N) is 2. The number of rotatable bonds is 4. The summed E-state index contributed by atoms with van der Waals surface area (Å²) >= 11 is 6.10. The predicted molar refractivity (Wildman–Crippen MR) is 104 cm³/mol. The van der Waals surface area contributed by atoms with Crippen molar-refractivity contribution in [3.8, 4) is 0 Å². The normalized spacial score (nSPS) is 11.7. The van der Waals surface area contributed by atoms with E-state index in [9.17, 15) is 14.0 Å². The van der Waals surface area contributed by atoms with Crippen LogP contribution in [-0.2, 0) is 23.4 Å². The van der Waals surface area contributed by atoms with E-state index >= 15 is 0 Å². The highest BCUT2D eigenvalue weighted by molar-refractivity contribution is 6.31. The Kier molecular flexibility index (Phi) is 5.11. The summed E-state index contributed by atoms with van der Waals surface area (Å²) in [5.41, 5.74) is 0.720. The zero-order valence-electron chi connectivity index (χ0n) is 15.4. The van der Waals surface area contributed by atoms with Crippen LogP contribution >= 0.6 is 11.6 Å². The van der Waals surface area contributed by atoms with Crippen molar-refractivity contribution in [1.82, 2.24) is 14.7 Å². The van der Waals surface area contributed by atoms with Gasteiger partial charge in [0.05, 0.1) is 16.4 Å². The van der Waals surface area contributed by atoms with E-state index in [4.69, 9.17) is 11.6 Å². The molecule has 1 aromatic heterocycles. The molecule has 0 unspecified atom stereocenters. The van der Waals surface area contributed by atoms with Gasteiger partial charge in [-0.2, -0.15) is 0 Å². The summed E-state index contributed by atoms with van der Waals surface area (Å²) in [6.07, 6.45) is 0. The third-order valence-electron chi connectivity index (χ3n) is 4.23. The number of hydrogen-bond acceptors (Lipinski definition) is 2. The zero-order chi connectivity index (χ0) is 19.8. The molecule has 2 aromatic carbocycles. The van der Waals surface area contributed by atoms with Gasteiger partial charge in [0, 0.05) is 11.6 Å². The molecule has 3 rings (SSSR count). The zero-order valence-corrected chi connectivity index (χ0v) is 16.2. The van der Waals surface area contributed by atoms with Gasteiger partial charge in [-0.15, -0.1) is 0 Å². The first-order valence-electron chi connectivity index (χ1n) is 8.59.